The first kappa shape index (κ1) is 16.6. The van der Waals surface area contributed by atoms with Crippen LogP contribution < -0.4 is 10.2 Å². The fraction of sp³-hybridized carbons (Fsp3) is 0.556. The molecular formula is C18H25N3O3. The molecule has 0 bridgehead atoms. The number of nitrogens with one attached hydrogen (secondary N) is 1. The van der Waals surface area contributed by atoms with Crippen LogP contribution in [-0.4, -0.2) is 48.2 Å². The number of aliphatic carboxylic acids is 1. The van der Waals surface area contributed by atoms with Gasteiger partial charge in [-0.15, -0.1) is 0 Å². The van der Waals surface area contributed by atoms with Crippen LogP contribution in [-0.2, 0) is 4.79 Å². The second-order valence-electron chi connectivity index (χ2n) is 6.62. The number of likely N-dealkylation sites (tertiary alicyclic amines) is 1. The van der Waals surface area contributed by atoms with E-state index in [-0.39, 0.29) is 12.6 Å². The van der Waals surface area contributed by atoms with Crippen LogP contribution in [0.3, 0.4) is 0 Å². The van der Waals surface area contributed by atoms with E-state index < -0.39 is 11.9 Å². The van der Waals surface area contributed by atoms with Crippen LogP contribution in [0, 0.1) is 5.92 Å². The molecule has 2 heterocycles. The summed E-state index contributed by atoms with van der Waals surface area (Å²) < 4.78 is 0. The molecule has 2 N–H and O–H groups in total. The Morgan fingerprint density at radius 2 is 1.75 bits per heavy atom. The van der Waals surface area contributed by atoms with Crippen molar-refractivity contribution in [3.8, 4) is 0 Å². The maximum atomic E-state index is 12.5. The highest BCUT2D eigenvalue weighted by Crippen LogP contribution is 2.28. The Bertz CT molecular complexity index is 597. The van der Waals surface area contributed by atoms with Crippen molar-refractivity contribution in [1.29, 1.82) is 0 Å². The number of hydrogen-bond acceptors (Lipinski definition) is 3. The summed E-state index contributed by atoms with van der Waals surface area (Å²) in [6, 6.07) is 7.67. The molecule has 6 nitrogen and oxygen atoms in total. The van der Waals surface area contributed by atoms with Gasteiger partial charge in [0.2, 0.25) is 0 Å². The summed E-state index contributed by atoms with van der Waals surface area (Å²) in [5, 5.41) is 12.1. The number of para-hydroxylation sites is 2. The molecular weight excluding hydrogens is 306 g/mol. The predicted molar refractivity (Wildman–Crippen MR) is 93.5 cm³/mol. The maximum Gasteiger partial charge on any atom is 0.321 e. The summed E-state index contributed by atoms with van der Waals surface area (Å²) in [6.07, 6.45) is 5.39. The number of carbonyl (C=O) groups excluding carboxylic acids is 1. The molecule has 1 atom stereocenters. The molecule has 0 aromatic heterocycles. The Labute approximate surface area is 142 Å². The van der Waals surface area contributed by atoms with Gasteiger partial charge in [-0.3, -0.25) is 4.79 Å². The van der Waals surface area contributed by atoms with Gasteiger partial charge in [0.05, 0.1) is 17.3 Å². The lowest BCUT2D eigenvalue weighted by atomic mass is 10.1. The van der Waals surface area contributed by atoms with Crippen LogP contribution >= 0.6 is 0 Å². The largest absolute Gasteiger partial charge is 0.481 e. The Balaban J connectivity index is 1.69. The number of nitrogens with zero attached hydrogens (tertiary/aromatic N) is 2. The second kappa shape index (κ2) is 7.55. The number of rotatable bonds is 3. The van der Waals surface area contributed by atoms with Crippen molar-refractivity contribution in [3.63, 3.8) is 0 Å². The third-order valence-corrected chi connectivity index (χ3v) is 4.92. The standard InChI is InChI=1S/C18H25N3O3/c22-17(23)14-9-12-21(13-14)18(24)19-15-7-3-4-8-16(15)20-10-5-1-2-6-11-20/h3-4,7-8,14H,1-2,5-6,9-13H2,(H,19,24)(H,22,23). The summed E-state index contributed by atoms with van der Waals surface area (Å²) in [5.74, 6) is -1.27. The van der Waals surface area contributed by atoms with Gasteiger partial charge in [-0.25, -0.2) is 4.79 Å². The van der Waals surface area contributed by atoms with E-state index >= 15 is 0 Å². The van der Waals surface area contributed by atoms with Gasteiger partial charge in [0, 0.05) is 26.2 Å². The minimum atomic E-state index is -0.824. The van der Waals surface area contributed by atoms with Crippen LogP contribution in [0.2, 0.25) is 0 Å². The number of urea groups is 1. The minimum Gasteiger partial charge on any atom is -0.481 e. The van der Waals surface area contributed by atoms with Crippen LogP contribution in [0.4, 0.5) is 16.2 Å². The molecule has 0 radical (unpaired) electrons. The molecule has 2 amide bonds. The zero-order chi connectivity index (χ0) is 16.9. The summed E-state index contributed by atoms with van der Waals surface area (Å²) in [7, 11) is 0. The highest BCUT2D eigenvalue weighted by atomic mass is 16.4. The Morgan fingerprint density at radius 1 is 1.04 bits per heavy atom. The number of amides is 2. The van der Waals surface area contributed by atoms with Crippen molar-refractivity contribution < 1.29 is 14.7 Å². The molecule has 24 heavy (non-hydrogen) atoms. The second-order valence-corrected chi connectivity index (χ2v) is 6.62. The van der Waals surface area contributed by atoms with Gasteiger partial charge in [-0.2, -0.15) is 0 Å². The van der Waals surface area contributed by atoms with E-state index in [1.54, 1.807) is 4.90 Å². The summed E-state index contributed by atoms with van der Waals surface area (Å²) in [5.41, 5.74) is 1.87. The SMILES string of the molecule is O=C(O)C1CCN(C(=O)Nc2ccccc2N2CCCCCC2)C1. The van der Waals surface area contributed by atoms with Gasteiger partial charge in [0.1, 0.15) is 0 Å². The van der Waals surface area contributed by atoms with E-state index in [2.05, 4.69) is 10.2 Å². The lowest BCUT2D eigenvalue weighted by Crippen LogP contribution is -2.34. The lowest BCUT2D eigenvalue weighted by molar-refractivity contribution is -0.141. The van der Waals surface area contributed by atoms with E-state index in [4.69, 9.17) is 5.11 Å². The van der Waals surface area contributed by atoms with E-state index in [0.29, 0.717) is 13.0 Å². The first-order valence-electron chi connectivity index (χ1n) is 8.78. The zero-order valence-electron chi connectivity index (χ0n) is 13.9. The lowest BCUT2D eigenvalue weighted by Gasteiger charge is -2.26. The number of anilines is 2. The van der Waals surface area contributed by atoms with Gasteiger partial charge >= 0.3 is 12.0 Å². The maximum absolute atomic E-state index is 12.5. The Kier molecular flexibility index (Phi) is 5.23. The van der Waals surface area contributed by atoms with Crippen molar-refractivity contribution in [1.82, 2.24) is 4.90 Å². The number of carboxylic acid groups (broad SMARTS) is 1. The first-order chi connectivity index (χ1) is 11.6. The smallest absolute Gasteiger partial charge is 0.321 e. The zero-order valence-corrected chi connectivity index (χ0v) is 13.9. The summed E-state index contributed by atoms with van der Waals surface area (Å²) in [6.45, 7) is 2.80. The average molecular weight is 331 g/mol. The quantitative estimate of drug-likeness (QED) is 0.893. The molecule has 0 spiro atoms. The molecule has 2 aliphatic rings. The van der Waals surface area contributed by atoms with Crippen molar-refractivity contribution in [3.05, 3.63) is 24.3 Å². The van der Waals surface area contributed by atoms with Gasteiger partial charge in [0.15, 0.2) is 0 Å². The monoisotopic (exact) mass is 331 g/mol. The van der Waals surface area contributed by atoms with Crippen LogP contribution in [0.5, 0.6) is 0 Å². The fourth-order valence-corrected chi connectivity index (χ4v) is 3.51. The molecule has 2 saturated heterocycles. The average Bonchev–Trinajstić information content (AvgIpc) is 2.93. The third kappa shape index (κ3) is 3.80. The summed E-state index contributed by atoms with van der Waals surface area (Å²) in [4.78, 5) is 27.5. The van der Waals surface area contributed by atoms with Crippen LogP contribution in [0.15, 0.2) is 24.3 Å². The predicted octanol–water partition coefficient (Wildman–Crippen LogP) is 3.01. The van der Waals surface area contributed by atoms with E-state index in [0.717, 1.165) is 24.5 Å². The van der Waals surface area contributed by atoms with Crippen LogP contribution in [0.25, 0.3) is 0 Å². The molecule has 1 unspecified atom stereocenters. The Hall–Kier alpha value is -2.24. The van der Waals surface area contributed by atoms with Crippen molar-refractivity contribution in [2.75, 3.05) is 36.4 Å². The molecule has 3 rings (SSSR count). The Morgan fingerprint density at radius 3 is 2.42 bits per heavy atom. The van der Waals surface area contributed by atoms with Gasteiger partial charge < -0.3 is 20.2 Å². The van der Waals surface area contributed by atoms with E-state index in [9.17, 15) is 9.59 Å². The number of carbonyl (C=O) groups is 2. The van der Waals surface area contributed by atoms with Crippen molar-refractivity contribution in [2.45, 2.75) is 32.1 Å². The molecule has 2 aliphatic heterocycles. The van der Waals surface area contributed by atoms with Gasteiger partial charge in [-0.1, -0.05) is 25.0 Å². The minimum absolute atomic E-state index is 0.207. The highest BCUT2D eigenvalue weighted by Gasteiger charge is 2.31. The van der Waals surface area contributed by atoms with E-state index in [1.807, 2.05) is 24.3 Å². The molecule has 2 fully saturated rings. The number of benzene rings is 1. The normalized spacial score (nSPS) is 21.4. The van der Waals surface area contributed by atoms with Crippen molar-refractivity contribution >= 4 is 23.4 Å². The number of carboxylic acids is 1. The van der Waals surface area contributed by atoms with Crippen molar-refractivity contribution in [2.24, 2.45) is 5.92 Å². The van der Waals surface area contributed by atoms with E-state index in [1.165, 1.54) is 25.7 Å². The van der Waals surface area contributed by atoms with Crippen LogP contribution in [0.1, 0.15) is 32.1 Å². The molecule has 6 heteroatoms. The summed E-state index contributed by atoms with van der Waals surface area (Å²) >= 11 is 0. The molecule has 0 saturated carbocycles. The molecule has 1 aromatic rings. The highest BCUT2D eigenvalue weighted by molar-refractivity contribution is 5.93. The van der Waals surface area contributed by atoms with Gasteiger partial charge in [-0.05, 0) is 31.4 Å². The molecule has 0 aliphatic carbocycles. The molecule has 130 valence electrons. The fourth-order valence-electron chi connectivity index (χ4n) is 3.51. The number of hydrogen-bond donors (Lipinski definition) is 2. The molecule has 1 aromatic carbocycles. The third-order valence-electron chi connectivity index (χ3n) is 4.92. The first-order valence-corrected chi connectivity index (χ1v) is 8.78. The van der Waals surface area contributed by atoms with Gasteiger partial charge in [0.25, 0.3) is 0 Å². The topological polar surface area (TPSA) is 72.9 Å².